The Labute approximate surface area is 182 Å². The van der Waals surface area contributed by atoms with Crippen LogP contribution in [0.3, 0.4) is 0 Å². The summed E-state index contributed by atoms with van der Waals surface area (Å²) in [7, 11) is 0. The molecule has 7 nitrogen and oxygen atoms in total. The molecule has 0 amide bonds. The summed E-state index contributed by atoms with van der Waals surface area (Å²) in [5, 5.41) is 12.3. The lowest BCUT2D eigenvalue weighted by Gasteiger charge is -2.26. The first-order valence-electron chi connectivity index (χ1n) is 10.3. The van der Waals surface area contributed by atoms with E-state index < -0.39 is 0 Å². The van der Waals surface area contributed by atoms with E-state index in [-0.39, 0.29) is 0 Å². The maximum absolute atomic E-state index is 9.12. The van der Waals surface area contributed by atoms with Crippen LogP contribution in [0.15, 0.2) is 48.7 Å². The van der Waals surface area contributed by atoms with Gasteiger partial charge in [0.2, 0.25) is 11.8 Å². The van der Waals surface area contributed by atoms with Gasteiger partial charge in [-0.05, 0) is 54.8 Å². The standard InChI is InChI=1S/C24H25N5O2/c1-17-13-20(15-25)14-18(2)23(17)31-22-7-8-26-24(28-22)27-21-5-3-19(4-6-21)16-29-9-11-30-12-10-29/h3-8,13-14H,9-12,16H2,1-2H3,(H,26,27,28). The van der Waals surface area contributed by atoms with E-state index in [9.17, 15) is 0 Å². The van der Waals surface area contributed by atoms with Crippen molar-refractivity contribution in [1.82, 2.24) is 14.9 Å². The van der Waals surface area contributed by atoms with E-state index in [0.717, 1.165) is 49.7 Å². The highest BCUT2D eigenvalue weighted by molar-refractivity contribution is 5.54. The highest BCUT2D eigenvalue weighted by Crippen LogP contribution is 2.29. The molecule has 158 valence electrons. The van der Waals surface area contributed by atoms with Crippen molar-refractivity contribution in [3.63, 3.8) is 0 Å². The molecule has 0 atom stereocenters. The zero-order valence-corrected chi connectivity index (χ0v) is 17.8. The van der Waals surface area contributed by atoms with Gasteiger partial charge in [-0.2, -0.15) is 10.2 Å². The monoisotopic (exact) mass is 415 g/mol. The molecule has 2 aromatic carbocycles. The Kier molecular flexibility index (Phi) is 6.41. The Morgan fingerprint density at radius 2 is 1.81 bits per heavy atom. The summed E-state index contributed by atoms with van der Waals surface area (Å²) in [6.07, 6.45) is 1.66. The van der Waals surface area contributed by atoms with Crippen molar-refractivity contribution in [3.8, 4) is 17.7 Å². The molecule has 0 unspecified atom stereocenters. The van der Waals surface area contributed by atoms with Crippen LogP contribution < -0.4 is 10.1 Å². The molecule has 31 heavy (non-hydrogen) atoms. The predicted molar refractivity (Wildman–Crippen MR) is 119 cm³/mol. The summed E-state index contributed by atoms with van der Waals surface area (Å²) in [6, 6.07) is 15.8. The van der Waals surface area contributed by atoms with Gasteiger partial charge in [0.05, 0.1) is 24.8 Å². The molecular formula is C24H25N5O2. The van der Waals surface area contributed by atoms with Crippen LogP contribution >= 0.6 is 0 Å². The predicted octanol–water partition coefficient (Wildman–Crippen LogP) is 4.33. The van der Waals surface area contributed by atoms with Crippen LogP contribution in [0, 0.1) is 25.2 Å². The van der Waals surface area contributed by atoms with E-state index in [0.29, 0.717) is 23.1 Å². The second kappa shape index (κ2) is 9.56. The minimum absolute atomic E-state index is 0.442. The largest absolute Gasteiger partial charge is 0.438 e. The van der Waals surface area contributed by atoms with E-state index in [1.807, 2.05) is 26.0 Å². The molecule has 1 aliphatic heterocycles. The van der Waals surface area contributed by atoms with Crippen LogP contribution in [0.5, 0.6) is 11.6 Å². The molecule has 1 aliphatic rings. The molecular weight excluding hydrogens is 390 g/mol. The van der Waals surface area contributed by atoms with Crippen LogP contribution in [0.2, 0.25) is 0 Å². The van der Waals surface area contributed by atoms with Crippen molar-refractivity contribution < 1.29 is 9.47 Å². The van der Waals surface area contributed by atoms with Gasteiger partial charge in [0.15, 0.2) is 0 Å². The minimum Gasteiger partial charge on any atom is -0.438 e. The van der Waals surface area contributed by atoms with E-state index in [1.165, 1.54) is 5.56 Å². The zero-order valence-electron chi connectivity index (χ0n) is 17.8. The lowest BCUT2D eigenvalue weighted by Crippen LogP contribution is -2.35. The third-order valence-corrected chi connectivity index (χ3v) is 5.15. The Morgan fingerprint density at radius 1 is 1.10 bits per heavy atom. The van der Waals surface area contributed by atoms with Gasteiger partial charge in [-0.15, -0.1) is 0 Å². The van der Waals surface area contributed by atoms with Crippen molar-refractivity contribution in [3.05, 3.63) is 70.9 Å². The molecule has 1 aromatic heterocycles. The number of morpholine rings is 1. The maximum atomic E-state index is 9.12. The maximum Gasteiger partial charge on any atom is 0.230 e. The van der Waals surface area contributed by atoms with E-state index in [2.05, 4.69) is 38.4 Å². The SMILES string of the molecule is Cc1cc(C#N)cc(C)c1Oc1ccnc(Nc2ccc(CN3CCOCC3)cc2)n1. The average molecular weight is 415 g/mol. The number of rotatable bonds is 6. The molecule has 1 N–H and O–H groups in total. The number of benzene rings is 2. The Balaban J connectivity index is 1.42. The summed E-state index contributed by atoms with van der Waals surface area (Å²) in [5.74, 6) is 1.61. The number of aromatic nitrogens is 2. The van der Waals surface area contributed by atoms with Gasteiger partial charge < -0.3 is 14.8 Å². The molecule has 7 heteroatoms. The summed E-state index contributed by atoms with van der Waals surface area (Å²) in [6.45, 7) is 8.31. The summed E-state index contributed by atoms with van der Waals surface area (Å²) >= 11 is 0. The van der Waals surface area contributed by atoms with Gasteiger partial charge in [-0.3, -0.25) is 4.90 Å². The highest BCUT2D eigenvalue weighted by Gasteiger charge is 2.11. The topological polar surface area (TPSA) is 83.3 Å². The van der Waals surface area contributed by atoms with E-state index in [4.69, 9.17) is 14.7 Å². The van der Waals surface area contributed by atoms with Crippen molar-refractivity contribution in [1.29, 1.82) is 5.26 Å². The molecule has 0 bridgehead atoms. The van der Waals surface area contributed by atoms with Gasteiger partial charge in [0.1, 0.15) is 5.75 Å². The summed E-state index contributed by atoms with van der Waals surface area (Å²) in [5.41, 5.74) is 4.57. The van der Waals surface area contributed by atoms with Crippen LogP contribution in [0.25, 0.3) is 0 Å². The first-order chi connectivity index (χ1) is 15.1. The highest BCUT2D eigenvalue weighted by atomic mass is 16.5. The Hall–Kier alpha value is -3.47. The van der Waals surface area contributed by atoms with E-state index >= 15 is 0 Å². The third-order valence-electron chi connectivity index (χ3n) is 5.15. The number of ether oxygens (including phenoxy) is 2. The second-order valence-electron chi connectivity index (χ2n) is 7.58. The van der Waals surface area contributed by atoms with E-state index in [1.54, 1.807) is 24.4 Å². The molecule has 1 saturated heterocycles. The zero-order chi connectivity index (χ0) is 21.6. The first-order valence-corrected chi connectivity index (χ1v) is 10.3. The molecule has 1 fully saturated rings. The fraction of sp³-hybridized carbons (Fsp3) is 0.292. The second-order valence-corrected chi connectivity index (χ2v) is 7.58. The molecule has 0 spiro atoms. The van der Waals surface area contributed by atoms with Crippen molar-refractivity contribution in [2.45, 2.75) is 20.4 Å². The molecule has 2 heterocycles. The fourth-order valence-electron chi connectivity index (χ4n) is 3.58. The van der Waals surface area contributed by atoms with Gasteiger partial charge in [0.25, 0.3) is 0 Å². The normalized spacial score (nSPS) is 14.1. The lowest BCUT2D eigenvalue weighted by atomic mass is 10.1. The van der Waals surface area contributed by atoms with Crippen LogP contribution in [0.4, 0.5) is 11.6 Å². The molecule has 0 aliphatic carbocycles. The van der Waals surface area contributed by atoms with Gasteiger partial charge in [-0.25, -0.2) is 4.98 Å². The molecule has 0 saturated carbocycles. The molecule has 3 aromatic rings. The molecule has 0 radical (unpaired) electrons. The van der Waals surface area contributed by atoms with Gasteiger partial charge >= 0.3 is 0 Å². The van der Waals surface area contributed by atoms with Crippen LogP contribution in [-0.2, 0) is 11.3 Å². The fourth-order valence-corrected chi connectivity index (χ4v) is 3.58. The minimum atomic E-state index is 0.442. The smallest absolute Gasteiger partial charge is 0.230 e. The number of anilines is 2. The lowest BCUT2D eigenvalue weighted by molar-refractivity contribution is 0.0342. The van der Waals surface area contributed by atoms with Crippen molar-refractivity contribution in [2.24, 2.45) is 0 Å². The number of aryl methyl sites for hydroxylation is 2. The Bertz CT molecular complexity index is 1060. The number of nitrogens with one attached hydrogen (secondary N) is 1. The third kappa shape index (κ3) is 5.37. The number of hydrogen-bond acceptors (Lipinski definition) is 7. The summed E-state index contributed by atoms with van der Waals surface area (Å²) in [4.78, 5) is 11.2. The average Bonchev–Trinajstić information content (AvgIpc) is 2.78. The van der Waals surface area contributed by atoms with Crippen molar-refractivity contribution in [2.75, 3.05) is 31.6 Å². The number of nitrogens with zero attached hydrogens (tertiary/aromatic N) is 4. The Morgan fingerprint density at radius 3 is 2.48 bits per heavy atom. The summed E-state index contributed by atoms with van der Waals surface area (Å²) < 4.78 is 11.4. The number of nitriles is 1. The first kappa shape index (κ1) is 20.8. The van der Waals surface area contributed by atoms with Crippen LogP contribution in [0.1, 0.15) is 22.3 Å². The molecule has 4 rings (SSSR count). The van der Waals surface area contributed by atoms with Crippen LogP contribution in [-0.4, -0.2) is 41.2 Å². The van der Waals surface area contributed by atoms with Gasteiger partial charge in [-0.1, -0.05) is 12.1 Å². The number of hydrogen-bond donors (Lipinski definition) is 1. The van der Waals surface area contributed by atoms with Crippen molar-refractivity contribution >= 4 is 11.6 Å². The quantitative estimate of drug-likeness (QED) is 0.641. The van der Waals surface area contributed by atoms with Gasteiger partial charge in [0, 0.05) is 37.6 Å².